The highest BCUT2D eigenvalue weighted by Gasteiger charge is 2.26. The molecule has 0 heterocycles. The third-order valence-electron chi connectivity index (χ3n) is 6.57. The van der Waals surface area contributed by atoms with Gasteiger partial charge in [0.1, 0.15) is 0 Å². The van der Waals surface area contributed by atoms with Gasteiger partial charge in [0.25, 0.3) is 0 Å². The zero-order chi connectivity index (χ0) is 23.4. The normalized spacial score (nSPS) is 12.1. The van der Waals surface area contributed by atoms with Crippen LogP contribution in [0.15, 0.2) is 54.6 Å². The van der Waals surface area contributed by atoms with E-state index in [-0.39, 0.29) is 12.8 Å². The van der Waals surface area contributed by atoms with Gasteiger partial charge in [-0.1, -0.05) is 94.3 Å². The number of unbranched alkanes of at least 4 members (excludes halogenated alkanes) is 8. The van der Waals surface area contributed by atoms with E-state index >= 15 is 0 Å². The lowest BCUT2D eigenvalue weighted by Gasteiger charge is -2.16. The van der Waals surface area contributed by atoms with E-state index in [2.05, 4.69) is 61.5 Å². The summed E-state index contributed by atoms with van der Waals surface area (Å²) in [6.07, 6.45) is 9.74. The fourth-order valence-electron chi connectivity index (χ4n) is 4.57. The first kappa shape index (κ1) is 25.6. The highest BCUT2D eigenvalue weighted by molar-refractivity contribution is 5.99. The Bertz CT molecular complexity index is 966. The van der Waals surface area contributed by atoms with Crippen LogP contribution in [0.25, 0.3) is 21.5 Å². The van der Waals surface area contributed by atoms with E-state index in [0.717, 1.165) is 32.1 Å². The highest BCUT2D eigenvalue weighted by Crippen LogP contribution is 2.29. The first-order valence-corrected chi connectivity index (χ1v) is 12.9. The van der Waals surface area contributed by atoms with Crippen LogP contribution in [0.2, 0.25) is 0 Å². The van der Waals surface area contributed by atoms with Gasteiger partial charge in [-0.3, -0.25) is 0 Å². The van der Waals surface area contributed by atoms with Crippen LogP contribution in [0.5, 0.6) is 0 Å². The van der Waals surface area contributed by atoms with E-state index in [0.29, 0.717) is 26.1 Å². The molecular weight excluding hydrogens is 414 g/mol. The minimum Gasteiger partial charge on any atom is -0.377 e. The number of rotatable bonds is 16. The van der Waals surface area contributed by atoms with Crippen LogP contribution >= 0.6 is 0 Å². The molecule has 0 aliphatic heterocycles. The predicted molar refractivity (Wildman–Crippen MR) is 137 cm³/mol. The number of halogens is 2. The molecule has 1 nitrogen and oxygen atoms in total. The second-order valence-electron chi connectivity index (χ2n) is 9.43. The standard InChI is InChI=1S/C30H40F2O/c1-2-3-4-5-6-11-19-30(31,32)20-12-7-8-13-21-33-24-28-18-14-17-27-22-25-15-9-10-16-26(25)23-29(27)28/h9-10,14-18,22-23H,2-8,11-13,19-21,24H2,1H3. The Morgan fingerprint density at radius 2 is 1.27 bits per heavy atom. The predicted octanol–water partition coefficient (Wildman–Crippen LogP) is 9.85. The maximum Gasteiger partial charge on any atom is 0.248 e. The van der Waals surface area contributed by atoms with Crippen LogP contribution in [0.4, 0.5) is 8.78 Å². The fraction of sp³-hybridized carbons (Fsp3) is 0.533. The summed E-state index contributed by atoms with van der Waals surface area (Å²) >= 11 is 0. The number of benzene rings is 3. The van der Waals surface area contributed by atoms with Gasteiger partial charge < -0.3 is 4.74 Å². The van der Waals surface area contributed by atoms with Crippen molar-refractivity contribution in [3.05, 3.63) is 60.2 Å². The lowest BCUT2D eigenvalue weighted by molar-refractivity contribution is -0.0207. The van der Waals surface area contributed by atoms with Gasteiger partial charge in [-0.05, 0) is 58.5 Å². The monoisotopic (exact) mass is 454 g/mol. The molecule has 0 aliphatic carbocycles. The summed E-state index contributed by atoms with van der Waals surface area (Å²) in [5, 5.41) is 4.96. The molecule has 3 aromatic carbocycles. The van der Waals surface area contributed by atoms with Crippen molar-refractivity contribution in [1.82, 2.24) is 0 Å². The van der Waals surface area contributed by atoms with Crippen LogP contribution in [-0.2, 0) is 11.3 Å². The van der Waals surface area contributed by atoms with Gasteiger partial charge in [-0.15, -0.1) is 0 Å². The van der Waals surface area contributed by atoms with E-state index in [9.17, 15) is 8.78 Å². The fourth-order valence-corrected chi connectivity index (χ4v) is 4.57. The van der Waals surface area contributed by atoms with Crippen molar-refractivity contribution < 1.29 is 13.5 Å². The molecule has 0 radical (unpaired) electrons. The maximum absolute atomic E-state index is 14.0. The van der Waals surface area contributed by atoms with Crippen molar-refractivity contribution in [3.8, 4) is 0 Å². The molecule has 0 fully saturated rings. The molecule has 0 spiro atoms. The molecule has 0 N–H and O–H groups in total. The Morgan fingerprint density at radius 1 is 0.667 bits per heavy atom. The lowest BCUT2D eigenvalue weighted by atomic mass is 10.00. The van der Waals surface area contributed by atoms with Gasteiger partial charge in [-0.25, -0.2) is 8.78 Å². The van der Waals surface area contributed by atoms with Crippen LogP contribution in [0, 0.1) is 0 Å². The van der Waals surface area contributed by atoms with E-state index in [1.807, 2.05) is 0 Å². The average molecular weight is 455 g/mol. The molecule has 0 unspecified atom stereocenters. The molecule has 0 aromatic heterocycles. The summed E-state index contributed by atoms with van der Waals surface area (Å²) < 4.78 is 34.0. The largest absolute Gasteiger partial charge is 0.377 e. The van der Waals surface area contributed by atoms with Crippen LogP contribution < -0.4 is 0 Å². The number of alkyl halides is 2. The minimum absolute atomic E-state index is 0.0345. The summed E-state index contributed by atoms with van der Waals surface area (Å²) in [6.45, 7) is 3.44. The van der Waals surface area contributed by atoms with Gasteiger partial charge in [0, 0.05) is 19.4 Å². The molecule has 0 saturated heterocycles. The SMILES string of the molecule is CCCCCCCCC(F)(F)CCCCCCOCc1cccc2cc3ccccc3cc12. The molecule has 0 saturated carbocycles. The maximum atomic E-state index is 14.0. The highest BCUT2D eigenvalue weighted by atomic mass is 19.3. The van der Waals surface area contributed by atoms with Crippen LogP contribution in [0.1, 0.15) is 89.5 Å². The zero-order valence-electron chi connectivity index (χ0n) is 20.3. The molecule has 3 heteroatoms. The second-order valence-corrected chi connectivity index (χ2v) is 9.43. The van der Waals surface area contributed by atoms with Crippen molar-refractivity contribution in [2.75, 3.05) is 6.61 Å². The molecule has 0 amide bonds. The van der Waals surface area contributed by atoms with Gasteiger partial charge >= 0.3 is 0 Å². The van der Waals surface area contributed by atoms with Crippen LogP contribution in [-0.4, -0.2) is 12.5 Å². The lowest BCUT2D eigenvalue weighted by Crippen LogP contribution is -2.15. The zero-order valence-corrected chi connectivity index (χ0v) is 20.3. The minimum atomic E-state index is -2.49. The van der Waals surface area contributed by atoms with E-state index in [4.69, 9.17) is 4.74 Å². The van der Waals surface area contributed by atoms with E-state index < -0.39 is 5.92 Å². The van der Waals surface area contributed by atoms with Gasteiger partial charge in [0.2, 0.25) is 5.92 Å². The summed E-state index contributed by atoms with van der Waals surface area (Å²) in [6, 6.07) is 19.3. The van der Waals surface area contributed by atoms with Crippen molar-refractivity contribution in [1.29, 1.82) is 0 Å². The van der Waals surface area contributed by atoms with Crippen LogP contribution in [0.3, 0.4) is 0 Å². The van der Waals surface area contributed by atoms with Crippen molar-refractivity contribution in [3.63, 3.8) is 0 Å². The summed E-state index contributed by atoms with van der Waals surface area (Å²) in [5.74, 6) is -2.49. The van der Waals surface area contributed by atoms with Gasteiger partial charge in [-0.2, -0.15) is 0 Å². The summed E-state index contributed by atoms with van der Waals surface area (Å²) in [4.78, 5) is 0. The van der Waals surface area contributed by atoms with Gasteiger partial charge in [0.05, 0.1) is 6.61 Å². The Hall–Kier alpha value is -2.00. The summed E-state index contributed by atoms with van der Waals surface area (Å²) in [5.41, 5.74) is 1.20. The number of ether oxygens (including phenoxy) is 1. The Labute approximate surface area is 198 Å². The molecule has 0 atom stereocenters. The smallest absolute Gasteiger partial charge is 0.248 e. The second kappa shape index (κ2) is 13.6. The Kier molecular flexibility index (Phi) is 10.6. The molecule has 33 heavy (non-hydrogen) atoms. The number of fused-ring (bicyclic) bond motifs is 2. The quantitative estimate of drug-likeness (QED) is 0.154. The van der Waals surface area contributed by atoms with Crippen molar-refractivity contribution in [2.24, 2.45) is 0 Å². The van der Waals surface area contributed by atoms with E-state index in [1.54, 1.807) is 0 Å². The molecule has 0 aliphatic rings. The molecule has 3 aromatic rings. The first-order chi connectivity index (χ1) is 16.1. The van der Waals surface area contributed by atoms with E-state index in [1.165, 1.54) is 46.4 Å². The molecule has 3 rings (SSSR count). The van der Waals surface area contributed by atoms with Crippen molar-refractivity contribution in [2.45, 2.75) is 96.5 Å². The van der Waals surface area contributed by atoms with Crippen molar-refractivity contribution >= 4 is 21.5 Å². The third-order valence-corrected chi connectivity index (χ3v) is 6.57. The molecule has 0 bridgehead atoms. The molecular formula is C30H40F2O. The number of hydrogen-bond donors (Lipinski definition) is 0. The Balaban J connectivity index is 1.30. The Morgan fingerprint density at radius 3 is 2.00 bits per heavy atom. The summed E-state index contributed by atoms with van der Waals surface area (Å²) in [7, 11) is 0. The third kappa shape index (κ3) is 8.70. The average Bonchev–Trinajstić information content (AvgIpc) is 2.81. The number of hydrogen-bond acceptors (Lipinski definition) is 1. The molecule has 180 valence electrons. The van der Waals surface area contributed by atoms with Gasteiger partial charge in [0.15, 0.2) is 0 Å². The topological polar surface area (TPSA) is 9.23 Å². The first-order valence-electron chi connectivity index (χ1n) is 12.9.